The normalized spacial score (nSPS) is 10.6. The van der Waals surface area contributed by atoms with Crippen LogP contribution in [0.4, 0.5) is 0 Å². The summed E-state index contributed by atoms with van der Waals surface area (Å²) >= 11 is 0. The summed E-state index contributed by atoms with van der Waals surface area (Å²) in [7, 11) is 0. The van der Waals surface area contributed by atoms with Crippen LogP contribution in [0.3, 0.4) is 0 Å². The highest BCUT2D eigenvalue weighted by Gasteiger charge is 2.12. The second-order valence-corrected chi connectivity index (χ2v) is 7.36. The first-order valence-electron chi connectivity index (χ1n) is 10.1. The van der Waals surface area contributed by atoms with Gasteiger partial charge in [0.05, 0.1) is 5.52 Å². The summed E-state index contributed by atoms with van der Waals surface area (Å²) in [5.41, 5.74) is 6.01. The molecule has 1 heterocycles. The number of fused-ring (bicyclic) bond motifs is 1. The second kappa shape index (κ2) is 9.11. The Labute approximate surface area is 176 Å². The molecule has 0 aliphatic rings. The lowest BCUT2D eigenvalue weighted by Gasteiger charge is -2.06. The number of para-hydroxylation sites is 1. The smallest absolute Gasteiger partial charge is 0.233 e. The molecule has 0 saturated carbocycles. The molecule has 0 radical (unpaired) electrons. The van der Waals surface area contributed by atoms with Crippen molar-refractivity contribution in [1.29, 1.82) is 5.26 Å². The molecule has 30 heavy (non-hydrogen) atoms. The van der Waals surface area contributed by atoms with Crippen LogP contribution in [0.25, 0.3) is 16.6 Å². The van der Waals surface area contributed by atoms with Gasteiger partial charge in [0.15, 0.2) is 6.19 Å². The fraction of sp³-hybridized carbons (Fsp3) is 0.154. The number of hydrogen-bond donors (Lipinski definition) is 1. The maximum absolute atomic E-state index is 11.7. The van der Waals surface area contributed by atoms with Gasteiger partial charge in [-0.3, -0.25) is 10.1 Å². The van der Waals surface area contributed by atoms with Crippen molar-refractivity contribution in [3.8, 4) is 11.9 Å². The van der Waals surface area contributed by atoms with Crippen LogP contribution in [0.2, 0.25) is 0 Å². The summed E-state index contributed by atoms with van der Waals surface area (Å²) in [5, 5.41) is 12.0. The van der Waals surface area contributed by atoms with Gasteiger partial charge in [-0.05, 0) is 60.2 Å². The Morgan fingerprint density at radius 1 is 0.867 bits per heavy atom. The molecule has 0 unspecified atom stereocenters. The molecule has 0 aliphatic carbocycles. The van der Waals surface area contributed by atoms with Crippen molar-refractivity contribution < 1.29 is 4.79 Å². The molecule has 1 N–H and O–H groups in total. The molecule has 0 aliphatic heterocycles. The molecular weight excluding hydrogens is 370 g/mol. The average molecular weight is 393 g/mol. The molecule has 0 spiro atoms. The number of amides is 1. The van der Waals surface area contributed by atoms with Crippen LogP contribution in [0.5, 0.6) is 0 Å². The monoisotopic (exact) mass is 393 g/mol. The van der Waals surface area contributed by atoms with Gasteiger partial charge in [0.2, 0.25) is 5.91 Å². The third-order valence-electron chi connectivity index (χ3n) is 5.35. The first kappa shape index (κ1) is 19.5. The fourth-order valence-corrected chi connectivity index (χ4v) is 3.81. The summed E-state index contributed by atoms with van der Waals surface area (Å²) in [4.78, 5) is 11.7. The van der Waals surface area contributed by atoms with Gasteiger partial charge in [-0.25, -0.2) is 0 Å². The average Bonchev–Trinajstić information content (AvgIpc) is 3.16. The lowest BCUT2D eigenvalue weighted by molar-refractivity contribution is -0.119. The Hall–Kier alpha value is -3.84. The number of nitrogens with zero attached hydrogens (tertiary/aromatic N) is 2. The molecule has 4 rings (SSSR count). The van der Waals surface area contributed by atoms with Crippen LogP contribution < -0.4 is 5.32 Å². The first-order valence-corrected chi connectivity index (χ1v) is 10.1. The Balaban J connectivity index is 1.67. The number of nitrogens with one attached hydrogen (secondary N) is 1. The summed E-state index contributed by atoms with van der Waals surface area (Å²) in [6.45, 7) is 0. The lowest BCUT2D eigenvalue weighted by Crippen LogP contribution is -2.17. The third kappa shape index (κ3) is 4.42. The number of carbonyl (C=O) groups is 1. The van der Waals surface area contributed by atoms with E-state index in [9.17, 15) is 4.79 Å². The topological polar surface area (TPSA) is 57.8 Å². The number of carbonyl (C=O) groups excluding carboxylic acids is 1. The Morgan fingerprint density at radius 2 is 1.60 bits per heavy atom. The number of rotatable bonds is 7. The zero-order valence-electron chi connectivity index (χ0n) is 16.7. The van der Waals surface area contributed by atoms with Gasteiger partial charge in [-0.15, -0.1) is 0 Å². The fourth-order valence-electron chi connectivity index (χ4n) is 3.81. The molecule has 1 aromatic heterocycles. The van der Waals surface area contributed by atoms with E-state index in [4.69, 9.17) is 5.26 Å². The number of benzene rings is 3. The second-order valence-electron chi connectivity index (χ2n) is 7.36. The largest absolute Gasteiger partial charge is 0.316 e. The maximum Gasteiger partial charge on any atom is 0.233 e. The quantitative estimate of drug-likeness (QED) is 0.357. The third-order valence-corrected chi connectivity index (χ3v) is 5.35. The van der Waals surface area contributed by atoms with Crippen LogP contribution in [-0.2, 0) is 24.1 Å². The van der Waals surface area contributed by atoms with Crippen molar-refractivity contribution in [2.45, 2.75) is 25.7 Å². The van der Waals surface area contributed by atoms with E-state index in [2.05, 4.69) is 70.7 Å². The van der Waals surface area contributed by atoms with E-state index < -0.39 is 0 Å². The van der Waals surface area contributed by atoms with Crippen molar-refractivity contribution in [2.24, 2.45) is 0 Å². The Kier molecular flexibility index (Phi) is 5.91. The van der Waals surface area contributed by atoms with Gasteiger partial charge in [-0.2, -0.15) is 5.26 Å². The number of hydrogen-bond acceptors (Lipinski definition) is 2. The Bertz CT molecular complexity index is 1190. The van der Waals surface area contributed by atoms with E-state index in [1.54, 1.807) is 6.19 Å². The van der Waals surface area contributed by atoms with E-state index in [1.807, 2.05) is 24.3 Å². The minimum absolute atomic E-state index is 0.247. The maximum atomic E-state index is 11.7. The van der Waals surface area contributed by atoms with Gasteiger partial charge >= 0.3 is 0 Å². The van der Waals surface area contributed by atoms with Crippen LogP contribution in [0, 0.1) is 11.5 Å². The molecule has 0 saturated heterocycles. The zero-order chi connectivity index (χ0) is 20.8. The minimum Gasteiger partial charge on any atom is -0.316 e. The van der Waals surface area contributed by atoms with Crippen LogP contribution in [0.1, 0.15) is 23.1 Å². The molecule has 3 aromatic carbocycles. The van der Waals surface area contributed by atoms with E-state index in [-0.39, 0.29) is 5.91 Å². The minimum atomic E-state index is -0.247. The van der Waals surface area contributed by atoms with Crippen molar-refractivity contribution in [2.75, 3.05) is 0 Å². The van der Waals surface area contributed by atoms with Crippen molar-refractivity contribution in [3.63, 3.8) is 0 Å². The van der Waals surface area contributed by atoms with Crippen LogP contribution >= 0.6 is 0 Å². The molecule has 1 amide bonds. The van der Waals surface area contributed by atoms with Crippen molar-refractivity contribution in [1.82, 2.24) is 9.88 Å². The predicted molar refractivity (Wildman–Crippen MR) is 119 cm³/mol. The highest BCUT2D eigenvalue weighted by atomic mass is 16.1. The first-order chi connectivity index (χ1) is 14.7. The number of aryl methyl sites for hydroxylation is 3. The van der Waals surface area contributed by atoms with Crippen LogP contribution in [-0.4, -0.2) is 10.5 Å². The van der Waals surface area contributed by atoms with Crippen molar-refractivity contribution in [3.05, 3.63) is 102 Å². The highest BCUT2D eigenvalue weighted by Crippen LogP contribution is 2.27. The number of nitriles is 1. The van der Waals surface area contributed by atoms with Gasteiger partial charge in [0.25, 0.3) is 0 Å². The SMILES string of the molecule is N#CNC(=O)CCc1ccc2c(c1)c(CCc1ccccc1)cn2-c1ccccc1. The molecule has 0 atom stereocenters. The molecule has 4 heteroatoms. The molecule has 148 valence electrons. The molecule has 4 aromatic rings. The van der Waals surface area contributed by atoms with Gasteiger partial charge in [0.1, 0.15) is 0 Å². The predicted octanol–water partition coefficient (Wildman–Crippen LogP) is 4.95. The van der Waals surface area contributed by atoms with Gasteiger partial charge < -0.3 is 4.57 Å². The van der Waals surface area contributed by atoms with E-state index in [1.165, 1.54) is 16.5 Å². The van der Waals surface area contributed by atoms with E-state index in [0.717, 1.165) is 29.6 Å². The lowest BCUT2D eigenvalue weighted by atomic mass is 10.0. The molecule has 0 bridgehead atoms. The van der Waals surface area contributed by atoms with Crippen molar-refractivity contribution >= 4 is 16.8 Å². The van der Waals surface area contributed by atoms with Crippen LogP contribution in [0.15, 0.2) is 85.1 Å². The molecule has 0 fully saturated rings. The van der Waals surface area contributed by atoms with E-state index in [0.29, 0.717) is 12.8 Å². The molecule has 4 nitrogen and oxygen atoms in total. The summed E-state index contributed by atoms with van der Waals surface area (Å²) < 4.78 is 2.24. The van der Waals surface area contributed by atoms with E-state index >= 15 is 0 Å². The standard InChI is InChI=1S/C26H23N3O/c27-19-28-26(30)16-13-21-12-15-25-24(17-21)22(14-11-20-7-3-1-4-8-20)18-29(25)23-9-5-2-6-10-23/h1-10,12,15,17-18H,11,13-14,16H2,(H,28,30). The van der Waals surface area contributed by atoms with Gasteiger partial charge in [0, 0.05) is 23.7 Å². The highest BCUT2D eigenvalue weighted by molar-refractivity contribution is 5.86. The summed E-state index contributed by atoms with van der Waals surface area (Å²) in [6.07, 6.45) is 6.76. The molecular formula is C26H23N3O. The summed E-state index contributed by atoms with van der Waals surface area (Å²) in [6, 6.07) is 27.3. The van der Waals surface area contributed by atoms with Gasteiger partial charge in [-0.1, -0.05) is 54.6 Å². The Morgan fingerprint density at radius 3 is 2.33 bits per heavy atom. The number of aromatic nitrogens is 1. The zero-order valence-corrected chi connectivity index (χ0v) is 16.7. The summed E-state index contributed by atoms with van der Waals surface area (Å²) in [5.74, 6) is -0.247.